The van der Waals surface area contributed by atoms with Gasteiger partial charge < -0.3 is 9.80 Å². The first kappa shape index (κ1) is 22.5. The van der Waals surface area contributed by atoms with E-state index in [-0.39, 0.29) is 17.7 Å². The van der Waals surface area contributed by atoms with E-state index in [0.717, 1.165) is 22.3 Å². The highest BCUT2D eigenvalue weighted by atomic mass is 16.2. The number of benzene rings is 2. The second-order valence-corrected chi connectivity index (χ2v) is 8.41. The molecule has 0 spiro atoms. The van der Waals surface area contributed by atoms with Crippen LogP contribution in [-0.2, 0) is 22.4 Å². The van der Waals surface area contributed by atoms with Gasteiger partial charge in [-0.05, 0) is 34.7 Å². The molecule has 1 saturated heterocycles. The van der Waals surface area contributed by atoms with Gasteiger partial charge in [0.1, 0.15) is 0 Å². The third kappa shape index (κ3) is 5.75. The highest BCUT2D eigenvalue weighted by molar-refractivity contribution is 5.83. The molecular formula is C28H29N3O2. The van der Waals surface area contributed by atoms with Crippen LogP contribution in [0.3, 0.4) is 0 Å². The fourth-order valence-corrected chi connectivity index (χ4v) is 4.29. The number of nitrogens with zero attached hydrogens (tertiary/aromatic N) is 3. The van der Waals surface area contributed by atoms with Crippen molar-refractivity contribution < 1.29 is 9.59 Å². The van der Waals surface area contributed by atoms with Crippen LogP contribution in [0.25, 0.3) is 11.1 Å². The molecule has 0 saturated carbocycles. The monoisotopic (exact) mass is 439 g/mol. The van der Waals surface area contributed by atoms with Crippen LogP contribution in [0.15, 0.2) is 91.8 Å². The lowest BCUT2D eigenvalue weighted by molar-refractivity contribution is -0.134. The molecular weight excluding hydrogens is 410 g/mol. The first-order chi connectivity index (χ1) is 16.1. The number of pyridine rings is 1. The first-order valence-electron chi connectivity index (χ1n) is 11.3. The van der Waals surface area contributed by atoms with Crippen molar-refractivity contribution in [1.29, 1.82) is 0 Å². The summed E-state index contributed by atoms with van der Waals surface area (Å²) in [6.45, 7) is 5.80. The predicted molar refractivity (Wildman–Crippen MR) is 130 cm³/mol. The molecule has 168 valence electrons. The van der Waals surface area contributed by atoms with Gasteiger partial charge in [-0.15, -0.1) is 6.58 Å². The fourth-order valence-electron chi connectivity index (χ4n) is 4.29. The second kappa shape index (κ2) is 10.7. The lowest BCUT2D eigenvalue weighted by Crippen LogP contribution is -2.38. The predicted octanol–water partition coefficient (Wildman–Crippen LogP) is 4.01. The molecule has 1 fully saturated rings. The third-order valence-corrected chi connectivity index (χ3v) is 6.07. The van der Waals surface area contributed by atoms with E-state index in [0.29, 0.717) is 39.0 Å². The molecule has 33 heavy (non-hydrogen) atoms. The van der Waals surface area contributed by atoms with Gasteiger partial charge in [-0.1, -0.05) is 66.7 Å². The second-order valence-electron chi connectivity index (χ2n) is 8.41. The maximum absolute atomic E-state index is 13.3. The Hall–Kier alpha value is -3.73. The maximum Gasteiger partial charge on any atom is 0.228 e. The quantitative estimate of drug-likeness (QED) is 0.523. The molecule has 5 heteroatoms. The van der Waals surface area contributed by atoms with Crippen LogP contribution >= 0.6 is 0 Å². The van der Waals surface area contributed by atoms with Crippen LogP contribution < -0.4 is 0 Å². The molecule has 1 aromatic heterocycles. The van der Waals surface area contributed by atoms with Gasteiger partial charge in [-0.2, -0.15) is 0 Å². The summed E-state index contributed by atoms with van der Waals surface area (Å²) < 4.78 is 0. The maximum atomic E-state index is 13.3. The Balaban J connectivity index is 1.50. The van der Waals surface area contributed by atoms with E-state index in [1.807, 2.05) is 58.5 Å². The minimum atomic E-state index is -0.281. The van der Waals surface area contributed by atoms with Gasteiger partial charge in [0, 0.05) is 38.6 Å². The molecule has 2 aromatic carbocycles. The molecule has 4 rings (SSSR count). The van der Waals surface area contributed by atoms with Gasteiger partial charge in [0.2, 0.25) is 11.8 Å². The van der Waals surface area contributed by atoms with Gasteiger partial charge in [0.15, 0.2) is 0 Å². The zero-order valence-electron chi connectivity index (χ0n) is 18.8. The van der Waals surface area contributed by atoms with Crippen LogP contribution in [0.2, 0.25) is 0 Å². The summed E-state index contributed by atoms with van der Waals surface area (Å²) >= 11 is 0. The number of carbonyl (C=O) groups is 2. The highest BCUT2D eigenvalue weighted by Crippen LogP contribution is 2.22. The lowest BCUT2D eigenvalue weighted by Gasteiger charge is -2.24. The molecule has 0 N–H and O–H groups in total. The molecule has 0 unspecified atom stereocenters. The van der Waals surface area contributed by atoms with Crippen LogP contribution in [0.1, 0.15) is 11.1 Å². The summed E-state index contributed by atoms with van der Waals surface area (Å²) in [7, 11) is 0. The van der Waals surface area contributed by atoms with Crippen molar-refractivity contribution in [2.24, 2.45) is 5.92 Å². The Morgan fingerprint density at radius 2 is 1.76 bits per heavy atom. The fraction of sp³-hybridized carbons (Fsp3) is 0.250. The van der Waals surface area contributed by atoms with Gasteiger partial charge in [-0.3, -0.25) is 14.6 Å². The summed E-state index contributed by atoms with van der Waals surface area (Å²) in [5, 5.41) is 0. The topological polar surface area (TPSA) is 53.5 Å². The Morgan fingerprint density at radius 3 is 2.45 bits per heavy atom. The van der Waals surface area contributed by atoms with Gasteiger partial charge in [-0.25, -0.2) is 0 Å². The minimum absolute atomic E-state index is 0.0615. The van der Waals surface area contributed by atoms with Crippen LogP contribution in [0.5, 0.6) is 0 Å². The Bertz CT molecular complexity index is 1080. The van der Waals surface area contributed by atoms with E-state index in [9.17, 15) is 9.59 Å². The average molecular weight is 440 g/mol. The SMILES string of the molecule is C=CCN1CCN(C(=O)Cc2ccccc2)C[C@H](Cc2ccc(-c3cccnc3)cc2)C1=O. The van der Waals surface area contributed by atoms with Crippen LogP contribution in [0, 0.1) is 5.92 Å². The van der Waals surface area contributed by atoms with Crippen molar-refractivity contribution in [2.45, 2.75) is 12.8 Å². The van der Waals surface area contributed by atoms with E-state index in [4.69, 9.17) is 0 Å². The molecule has 1 aliphatic heterocycles. The average Bonchev–Trinajstić information content (AvgIpc) is 3.00. The largest absolute Gasteiger partial charge is 0.340 e. The number of hydrogen-bond donors (Lipinski definition) is 0. The number of aromatic nitrogens is 1. The first-order valence-corrected chi connectivity index (χ1v) is 11.3. The van der Waals surface area contributed by atoms with Crippen LogP contribution in [0.4, 0.5) is 0 Å². The van der Waals surface area contributed by atoms with Crippen molar-refractivity contribution in [3.63, 3.8) is 0 Å². The summed E-state index contributed by atoms with van der Waals surface area (Å²) in [5.74, 6) is -0.135. The van der Waals surface area contributed by atoms with Crippen molar-refractivity contribution in [1.82, 2.24) is 14.8 Å². The van der Waals surface area contributed by atoms with Gasteiger partial charge in [0.05, 0.1) is 12.3 Å². The van der Waals surface area contributed by atoms with E-state index in [2.05, 4.69) is 35.8 Å². The minimum Gasteiger partial charge on any atom is -0.340 e. The Kier molecular flexibility index (Phi) is 7.30. The molecule has 1 atom stereocenters. The lowest BCUT2D eigenvalue weighted by atomic mass is 9.95. The standard InChI is InChI=1S/C28H29N3O2/c1-2-15-30-16-17-31(27(32)19-22-7-4-3-5-8-22)21-26(28(30)33)18-23-10-12-24(13-11-23)25-9-6-14-29-20-25/h2-14,20,26H,1,15-19,21H2/t26-/m0/s1. The molecule has 0 bridgehead atoms. The van der Waals surface area contributed by atoms with E-state index in [1.165, 1.54) is 0 Å². The molecule has 0 aliphatic carbocycles. The summed E-state index contributed by atoms with van der Waals surface area (Å²) in [5.41, 5.74) is 4.22. The van der Waals surface area contributed by atoms with Crippen molar-refractivity contribution in [3.8, 4) is 11.1 Å². The molecule has 5 nitrogen and oxygen atoms in total. The van der Waals surface area contributed by atoms with Gasteiger partial charge in [0.25, 0.3) is 0 Å². The molecule has 3 aromatic rings. The highest BCUT2D eigenvalue weighted by Gasteiger charge is 2.31. The van der Waals surface area contributed by atoms with E-state index >= 15 is 0 Å². The van der Waals surface area contributed by atoms with Gasteiger partial charge >= 0.3 is 0 Å². The summed E-state index contributed by atoms with van der Waals surface area (Å²) in [6, 6.07) is 22.0. The normalized spacial score (nSPS) is 16.4. The smallest absolute Gasteiger partial charge is 0.228 e. The molecule has 2 amide bonds. The number of carbonyl (C=O) groups excluding carboxylic acids is 2. The van der Waals surface area contributed by atoms with Crippen molar-refractivity contribution in [2.75, 3.05) is 26.2 Å². The third-order valence-electron chi connectivity index (χ3n) is 6.07. The number of rotatable bonds is 7. The van der Waals surface area contributed by atoms with E-state index in [1.54, 1.807) is 12.3 Å². The molecule has 1 aliphatic rings. The molecule has 0 radical (unpaired) electrons. The van der Waals surface area contributed by atoms with E-state index < -0.39 is 0 Å². The number of amides is 2. The summed E-state index contributed by atoms with van der Waals surface area (Å²) in [4.78, 5) is 34.2. The Morgan fingerprint density at radius 1 is 0.970 bits per heavy atom. The summed E-state index contributed by atoms with van der Waals surface area (Å²) in [6.07, 6.45) is 6.29. The van der Waals surface area contributed by atoms with Crippen LogP contribution in [-0.4, -0.2) is 52.8 Å². The van der Waals surface area contributed by atoms with Crippen molar-refractivity contribution >= 4 is 11.8 Å². The Labute approximate surface area is 195 Å². The zero-order chi connectivity index (χ0) is 23.0. The molecule has 2 heterocycles. The van der Waals surface area contributed by atoms with Crippen molar-refractivity contribution in [3.05, 3.63) is 103 Å². The number of hydrogen-bond acceptors (Lipinski definition) is 3. The zero-order valence-corrected chi connectivity index (χ0v) is 18.8.